The first-order chi connectivity index (χ1) is 10.1. The van der Waals surface area contributed by atoms with Gasteiger partial charge in [0.15, 0.2) is 5.78 Å². The molecule has 0 atom stereocenters. The zero-order valence-corrected chi connectivity index (χ0v) is 11.8. The molecule has 0 N–H and O–H groups in total. The van der Waals surface area contributed by atoms with Crippen LogP contribution in [0.1, 0.15) is 36.0 Å². The maximum Gasteiger partial charge on any atom is 0.222 e. The van der Waals surface area contributed by atoms with Crippen molar-refractivity contribution in [1.29, 1.82) is 0 Å². The van der Waals surface area contributed by atoms with E-state index in [0.717, 1.165) is 0 Å². The number of carbonyl (C=O) groups is 3. The van der Waals surface area contributed by atoms with Crippen LogP contribution < -0.4 is 5.11 Å². The third kappa shape index (κ3) is 4.15. The van der Waals surface area contributed by atoms with Gasteiger partial charge in [0, 0.05) is 37.0 Å². The van der Waals surface area contributed by atoms with Gasteiger partial charge in [0.2, 0.25) is 5.91 Å². The van der Waals surface area contributed by atoms with Crippen LogP contribution in [0.15, 0.2) is 30.3 Å². The van der Waals surface area contributed by atoms with Gasteiger partial charge in [0.1, 0.15) is 0 Å². The largest absolute Gasteiger partial charge is 0.550 e. The summed E-state index contributed by atoms with van der Waals surface area (Å²) in [6.45, 7) is 1.02. The zero-order valence-electron chi connectivity index (χ0n) is 11.8. The third-order valence-corrected chi connectivity index (χ3v) is 3.82. The molecule has 21 heavy (non-hydrogen) atoms. The lowest BCUT2D eigenvalue weighted by Gasteiger charge is -2.31. The standard InChI is InChI=1S/C16H19NO4/c18-14(6-7-15(19)20)17-10-8-13(9-11-17)16(21)12-4-2-1-3-5-12/h1-5,13H,6-11H2,(H,19,20)/p-1. The van der Waals surface area contributed by atoms with E-state index in [-0.39, 0.29) is 30.4 Å². The second-order valence-corrected chi connectivity index (χ2v) is 5.26. The molecule has 0 aliphatic carbocycles. The van der Waals surface area contributed by atoms with Crippen LogP contribution in [0.25, 0.3) is 0 Å². The first-order valence-corrected chi connectivity index (χ1v) is 7.15. The van der Waals surface area contributed by atoms with Gasteiger partial charge in [-0.15, -0.1) is 0 Å². The van der Waals surface area contributed by atoms with Crippen molar-refractivity contribution >= 4 is 17.7 Å². The van der Waals surface area contributed by atoms with Crippen LogP contribution in [0.2, 0.25) is 0 Å². The fraction of sp³-hybridized carbons (Fsp3) is 0.438. The number of aliphatic carboxylic acids is 1. The molecule has 2 rings (SSSR count). The summed E-state index contributed by atoms with van der Waals surface area (Å²) in [7, 11) is 0. The zero-order chi connectivity index (χ0) is 15.2. The molecule has 1 aromatic rings. The summed E-state index contributed by atoms with van der Waals surface area (Å²) in [5, 5.41) is 10.4. The quantitative estimate of drug-likeness (QED) is 0.745. The summed E-state index contributed by atoms with van der Waals surface area (Å²) in [4.78, 5) is 36.1. The maximum atomic E-state index is 12.3. The van der Waals surface area contributed by atoms with Gasteiger partial charge in [-0.05, 0) is 19.3 Å². The molecule has 0 saturated carbocycles. The van der Waals surface area contributed by atoms with Crippen LogP contribution in [0, 0.1) is 5.92 Å². The molecule has 0 spiro atoms. The highest BCUT2D eigenvalue weighted by Gasteiger charge is 2.27. The lowest BCUT2D eigenvalue weighted by Crippen LogP contribution is -2.40. The van der Waals surface area contributed by atoms with E-state index in [1.54, 1.807) is 17.0 Å². The third-order valence-electron chi connectivity index (χ3n) is 3.82. The number of Topliss-reactive ketones (excluding diaryl/α,β-unsaturated/α-hetero) is 1. The number of carbonyl (C=O) groups excluding carboxylic acids is 3. The SMILES string of the molecule is O=C([O-])CCC(=O)N1CCC(C(=O)c2ccccc2)CC1. The molecule has 1 aliphatic rings. The average Bonchev–Trinajstić information content (AvgIpc) is 2.53. The molecule has 112 valence electrons. The molecule has 1 fully saturated rings. The van der Waals surface area contributed by atoms with Gasteiger partial charge in [-0.25, -0.2) is 0 Å². The number of carboxylic acids is 1. The van der Waals surface area contributed by atoms with Crippen molar-refractivity contribution < 1.29 is 19.5 Å². The number of benzene rings is 1. The van der Waals surface area contributed by atoms with Crippen molar-refractivity contribution in [1.82, 2.24) is 4.90 Å². The highest BCUT2D eigenvalue weighted by atomic mass is 16.4. The summed E-state index contributed by atoms with van der Waals surface area (Å²) >= 11 is 0. The van der Waals surface area contributed by atoms with Gasteiger partial charge in [-0.3, -0.25) is 9.59 Å². The van der Waals surface area contributed by atoms with Gasteiger partial charge in [0.25, 0.3) is 0 Å². The van der Waals surface area contributed by atoms with Crippen LogP contribution in [0.3, 0.4) is 0 Å². The van der Waals surface area contributed by atoms with E-state index in [0.29, 0.717) is 31.5 Å². The van der Waals surface area contributed by atoms with Crippen molar-refractivity contribution in [2.24, 2.45) is 5.92 Å². The van der Waals surface area contributed by atoms with E-state index < -0.39 is 5.97 Å². The number of rotatable bonds is 5. The lowest BCUT2D eigenvalue weighted by molar-refractivity contribution is -0.305. The van der Waals surface area contributed by atoms with Gasteiger partial charge in [0.05, 0.1) is 0 Å². The van der Waals surface area contributed by atoms with Gasteiger partial charge in [-0.1, -0.05) is 30.3 Å². The van der Waals surface area contributed by atoms with E-state index in [4.69, 9.17) is 0 Å². The fourth-order valence-electron chi connectivity index (χ4n) is 2.60. The Balaban J connectivity index is 1.84. The van der Waals surface area contributed by atoms with Gasteiger partial charge >= 0.3 is 0 Å². The molecular formula is C16H18NO4-. The van der Waals surface area contributed by atoms with Crippen molar-refractivity contribution in [3.05, 3.63) is 35.9 Å². The number of ketones is 1. The number of hydrogen-bond acceptors (Lipinski definition) is 4. The Labute approximate surface area is 123 Å². The molecule has 1 aliphatic heterocycles. The van der Waals surface area contributed by atoms with E-state index >= 15 is 0 Å². The summed E-state index contributed by atoms with van der Waals surface area (Å²) in [6.07, 6.45) is 0.983. The van der Waals surface area contributed by atoms with Crippen molar-refractivity contribution in [2.75, 3.05) is 13.1 Å². The van der Waals surface area contributed by atoms with Crippen LogP contribution in [-0.4, -0.2) is 35.6 Å². The number of nitrogens with zero attached hydrogens (tertiary/aromatic N) is 1. The van der Waals surface area contributed by atoms with Crippen molar-refractivity contribution in [3.8, 4) is 0 Å². The number of carboxylic acid groups (broad SMARTS) is 1. The fourth-order valence-corrected chi connectivity index (χ4v) is 2.60. The maximum absolute atomic E-state index is 12.3. The van der Waals surface area contributed by atoms with E-state index in [1.807, 2.05) is 18.2 Å². The van der Waals surface area contributed by atoms with Crippen molar-refractivity contribution in [2.45, 2.75) is 25.7 Å². The number of hydrogen-bond donors (Lipinski definition) is 0. The number of amides is 1. The Morgan fingerprint density at radius 2 is 1.67 bits per heavy atom. The summed E-state index contributed by atoms with van der Waals surface area (Å²) in [5.74, 6) is -1.32. The highest BCUT2D eigenvalue weighted by Crippen LogP contribution is 2.22. The molecule has 1 saturated heterocycles. The van der Waals surface area contributed by atoms with Gasteiger partial charge < -0.3 is 14.8 Å². The number of likely N-dealkylation sites (tertiary alicyclic amines) is 1. The first-order valence-electron chi connectivity index (χ1n) is 7.15. The second-order valence-electron chi connectivity index (χ2n) is 5.26. The molecule has 1 amide bonds. The topological polar surface area (TPSA) is 77.5 Å². The smallest absolute Gasteiger partial charge is 0.222 e. The Morgan fingerprint density at radius 1 is 1.05 bits per heavy atom. The van der Waals surface area contributed by atoms with Crippen LogP contribution in [-0.2, 0) is 9.59 Å². The average molecular weight is 288 g/mol. The predicted molar refractivity (Wildman–Crippen MR) is 74.3 cm³/mol. The minimum Gasteiger partial charge on any atom is -0.550 e. The Hall–Kier alpha value is -2.17. The van der Waals surface area contributed by atoms with Crippen molar-refractivity contribution in [3.63, 3.8) is 0 Å². The van der Waals surface area contributed by atoms with E-state index in [2.05, 4.69) is 0 Å². The molecule has 0 radical (unpaired) electrons. The van der Waals surface area contributed by atoms with Gasteiger partial charge in [-0.2, -0.15) is 0 Å². The van der Waals surface area contributed by atoms with E-state index in [1.165, 1.54) is 0 Å². The molecule has 5 nitrogen and oxygen atoms in total. The summed E-state index contributed by atoms with van der Waals surface area (Å²) in [6, 6.07) is 9.16. The minimum absolute atomic E-state index is 0.0281. The molecule has 0 bridgehead atoms. The minimum atomic E-state index is -1.21. The number of piperidine rings is 1. The summed E-state index contributed by atoms with van der Waals surface area (Å²) < 4.78 is 0. The second kappa shape index (κ2) is 7.02. The first kappa shape index (κ1) is 15.2. The van der Waals surface area contributed by atoms with E-state index in [9.17, 15) is 19.5 Å². The van der Waals surface area contributed by atoms with Crippen LogP contribution in [0.5, 0.6) is 0 Å². The monoisotopic (exact) mass is 288 g/mol. The molecule has 1 aromatic carbocycles. The van der Waals surface area contributed by atoms with Crippen LogP contribution in [0.4, 0.5) is 0 Å². The Morgan fingerprint density at radius 3 is 2.24 bits per heavy atom. The molecule has 0 aromatic heterocycles. The molecule has 0 unspecified atom stereocenters. The highest BCUT2D eigenvalue weighted by molar-refractivity contribution is 5.98. The Kier molecular flexibility index (Phi) is 5.09. The molecule has 1 heterocycles. The Bertz CT molecular complexity index is 518. The predicted octanol–water partition coefficient (Wildman–Crippen LogP) is 0.638. The lowest BCUT2D eigenvalue weighted by atomic mass is 9.89. The molecular weight excluding hydrogens is 270 g/mol. The van der Waals surface area contributed by atoms with Crippen LogP contribution >= 0.6 is 0 Å². The summed E-state index contributed by atoms with van der Waals surface area (Å²) in [5.41, 5.74) is 0.708. The molecule has 5 heteroatoms. The normalized spacial score (nSPS) is 15.7.